The minimum absolute atomic E-state index is 0.170. The van der Waals surface area contributed by atoms with Crippen LogP contribution in [0.2, 0.25) is 0 Å². The van der Waals surface area contributed by atoms with Crippen molar-refractivity contribution < 1.29 is 13.9 Å². The molecule has 6 aromatic carbocycles. The van der Waals surface area contributed by atoms with Crippen LogP contribution in [0.3, 0.4) is 0 Å². The number of anilines is 3. The minimum Gasteiger partial charge on any atom is -0.507 e. The molecule has 0 spiro atoms. The van der Waals surface area contributed by atoms with Gasteiger partial charge in [-0.25, -0.2) is 15.0 Å². The Labute approximate surface area is 348 Å². The number of pyridine rings is 1. The number of aromatic hydroxyl groups is 1. The fourth-order valence-corrected chi connectivity index (χ4v) is 8.23. The number of rotatable bonds is 6. The minimum atomic E-state index is -0.358. The van der Waals surface area contributed by atoms with E-state index in [1.165, 1.54) is 0 Å². The van der Waals surface area contributed by atoms with E-state index in [0.717, 1.165) is 61.2 Å². The molecule has 10 aromatic rings. The zero-order chi connectivity index (χ0) is 41.3. The number of phenolic OH excluding ortho intramolecular Hbond substituents is 1. The highest BCUT2D eigenvalue weighted by Gasteiger charge is 2.30. The van der Waals surface area contributed by atoms with Crippen LogP contribution < -0.4 is 4.90 Å². The van der Waals surface area contributed by atoms with Gasteiger partial charge < -0.3 is 13.9 Å². The number of aromatic nitrogens is 3. The van der Waals surface area contributed by atoms with Gasteiger partial charge in [-0.1, -0.05) is 133 Å². The third-order valence-electron chi connectivity index (χ3n) is 11.3. The van der Waals surface area contributed by atoms with Crippen molar-refractivity contribution in [3.8, 4) is 39.5 Å². The number of hydrogen-bond acceptors (Lipinski definition) is 7. The van der Waals surface area contributed by atoms with Gasteiger partial charge in [-0.05, 0) is 76.6 Å². The number of fused-ring (bicyclic) bond motifs is 6. The molecule has 0 aliphatic carbocycles. The highest BCUT2D eigenvalue weighted by Crippen LogP contribution is 2.48. The summed E-state index contributed by atoms with van der Waals surface area (Å²) in [5, 5.41) is 15.0. The SMILES string of the molecule is CC(C)(C)c1cc(-c2nc(-c3cc(N(c4ccccn4)c4ccccc4-c4ccccc4)cc4c3oc3ccccc34)nc3c2oc2ccccc23)c(O)c(C(C)(C)C)c1. The fourth-order valence-electron chi connectivity index (χ4n) is 8.23. The van der Waals surface area contributed by atoms with E-state index in [1.54, 1.807) is 0 Å². The van der Waals surface area contributed by atoms with Gasteiger partial charge in [-0.15, -0.1) is 0 Å². The van der Waals surface area contributed by atoms with Crippen molar-refractivity contribution in [2.45, 2.75) is 52.4 Å². The van der Waals surface area contributed by atoms with Gasteiger partial charge in [0.1, 0.15) is 39.5 Å². The number of furan rings is 2. The zero-order valence-corrected chi connectivity index (χ0v) is 34.5. The summed E-state index contributed by atoms with van der Waals surface area (Å²) in [4.78, 5) is 17.9. The second-order valence-corrected chi connectivity index (χ2v) is 17.5. The average molecular weight is 785 g/mol. The first kappa shape index (κ1) is 37.0. The standard InChI is InChI=1S/C53H44N4O3/c1-52(2,3)33-28-39(48(58)41(29-33)53(4,5)6)47-50-46(37-22-12-15-25-44(37)60-50)55-51(56-47)40-31-34(30-38-36-21-11-14-24-43(36)59-49(38)40)57(45-26-16-17-27-54-45)42-23-13-10-20-35(42)32-18-8-7-9-19-32/h7-31,58H,1-6H3. The first-order chi connectivity index (χ1) is 28.9. The van der Waals surface area contributed by atoms with Crippen molar-refractivity contribution in [3.63, 3.8) is 0 Å². The van der Waals surface area contributed by atoms with Crippen LogP contribution in [0.25, 0.3) is 77.8 Å². The Morgan fingerprint density at radius 2 is 1.22 bits per heavy atom. The molecule has 0 aliphatic rings. The van der Waals surface area contributed by atoms with E-state index in [2.05, 4.69) is 125 Å². The summed E-state index contributed by atoms with van der Waals surface area (Å²) in [5.41, 5.74) is 10.3. The Morgan fingerprint density at radius 3 is 1.95 bits per heavy atom. The monoisotopic (exact) mass is 784 g/mol. The van der Waals surface area contributed by atoms with Gasteiger partial charge in [-0.3, -0.25) is 4.90 Å². The Bertz CT molecular complexity index is 3240. The lowest BCUT2D eigenvalue weighted by Crippen LogP contribution is -2.17. The van der Waals surface area contributed by atoms with Crippen LogP contribution in [0.1, 0.15) is 52.7 Å². The summed E-state index contributed by atoms with van der Waals surface area (Å²) in [5.74, 6) is 1.35. The van der Waals surface area contributed by atoms with E-state index in [4.69, 9.17) is 23.8 Å². The van der Waals surface area contributed by atoms with Crippen molar-refractivity contribution >= 4 is 61.2 Å². The molecule has 7 nitrogen and oxygen atoms in total. The molecular formula is C53H44N4O3. The maximum Gasteiger partial charge on any atom is 0.180 e. The van der Waals surface area contributed by atoms with Crippen molar-refractivity contribution in [3.05, 3.63) is 163 Å². The van der Waals surface area contributed by atoms with Crippen molar-refractivity contribution in [2.24, 2.45) is 0 Å². The molecule has 4 heterocycles. The first-order valence-corrected chi connectivity index (χ1v) is 20.3. The van der Waals surface area contributed by atoms with Crippen LogP contribution >= 0.6 is 0 Å². The lowest BCUT2D eigenvalue weighted by atomic mass is 9.78. The largest absolute Gasteiger partial charge is 0.507 e. The van der Waals surface area contributed by atoms with E-state index in [9.17, 15) is 5.11 Å². The molecule has 0 amide bonds. The second-order valence-electron chi connectivity index (χ2n) is 17.5. The van der Waals surface area contributed by atoms with Crippen molar-refractivity contribution in [1.82, 2.24) is 15.0 Å². The second kappa shape index (κ2) is 13.9. The van der Waals surface area contributed by atoms with Crippen LogP contribution in [-0.4, -0.2) is 20.1 Å². The van der Waals surface area contributed by atoms with Crippen molar-refractivity contribution in [2.75, 3.05) is 4.90 Å². The van der Waals surface area contributed by atoms with Gasteiger partial charge in [0.25, 0.3) is 0 Å². The number of para-hydroxylation sites is 3. The molecule has 0 radical (unpaired) electrons. The normalized spacial score (nSPS) is 12.2. The zero-order valence-electron chi connectivity index (χ0n) is 34.5. The van der Waals surface area contributed by atoms with Crippen LogP contribution in [-0.2, 0) is 10.8 Å². The summed E-state index contributed by atoms with van der Waals surface area (Å²) in [7, 11) is 0. The molecule has 0 saturated carbocycles. The summed E-state index contributed by atoms with van der Waals surface area (Å²) in [6, 6.07) is 49.2. The fraction of sp³-hybridized carbons (Fsp3) is 0.151. The molecule has 7 heteroatoms. The molecule has 0 aliphatic heterocycles. The van der Waals surface area contributed by atoms with E-state index in [1.807, 2.05) is 72.9 Å². The van der Waals surface area contributed by atoms with Gasteiger partial charge in [-0.2, -0.15) is 0 Å². The smallest absolute Gasteiger partial charge is 0.180 e. The van der Waals surface area contributed by atoms with Gasteiger partial charge in [0.2, 0.25) is 0 Å². The third kappa shape index (κ3) is 6.25. The van der Waals surface area contributed by atoms with E-state index in [0.29, 0.717) is 44.9 Å². The maximum atomic E-state index is 12.3. The quantitative estimate of drug-likeness (QED) is 0.180. The van der Waals surface area contributed by atoms with Crippen LogP contribution in [0.4, 0.5) is 17.2 Å². The summed E-state index contributed by atoms with van der Waals surface area (Å²) < 4.78 is 13.4. The Hall–Kier alpha value is -7.25. The summed E-state index contributed by atoms with van der Waals surface area (Å²) in [6.45, 7) is 12.9. The number of benzene rings is 6. The Balaban J connectivity index is 1.32. The van der Waals surface area contributed by atoms with Gasteiger partial charge in [0, 0.05) is 44.7 Å². The number of nitrogens with zero attached hydrogens (tertiary/aromatic N) is 4. The number of phenols is 1. The maximum absolute atomic E-state index is 12.3. The predicted octanol–water partition coefficient (Wildman–Crippen LogP) is 14.4. The molecule has 0 atom stereocenters. The Kier molecular flexibility index (Phi) is 8.61. The first-order valence-electron chi connectivity index (χ1n) is 20.3. The van der Waals surface area contributed by atoms with Gasteiger partial charge in [0.15, 0.2) is 11.4 Å². The van der Waals surface area contributed by atoms with Crippen LogP contribution in [0, 0.1) is 0 Å². The van der Waals surface area contributed by atoms with Crippen LogP contribution in [0.15, 0.2) is 161 Å². The highest BCUT2D eigenvalue weighted by atomic mass is 16.3. The molecule has 0 saturated heterocycles. The molecule has 10 rings (SSSR count). The van der Waals surface area contributed by atoms with E-state index < -0.39 is 0 Å². The van der Waals surface area contributed by atoms with Gasteiger partial charge >= 0.3 is 0 Å². The topological polar surface area (TPSA) is 88.4 Å². The lowest BCUT2D eigenvalue weighted by Gasteiger charge is -2.27. The van der Waals surface area contributed by atoms with E-state index in [-0.39, 0.29) is 16.6 Å². The number of hydrogen-bond donors (Lipinski definition) is 1. The highest BCUT2D eigenvalue weighted by molar-refractivity contribution is 6.13. The predicted molar refractivity (Wildman–Crippen MR) is 244 cm³/mol. The van der Waals surface area contributed by atoms with Gasteiger partial charge in [0.05, 0.1) is 11.3 Å². The molecule has 0 unspecified atom stereocenters. The third-order valence-corrected chi connectivity index (χ3v) is 11.3. The van der Waals surface area contributed by atoms with E-state index >= 15 is 0 Å². The average Bonchev–Trinajstić information content (AvgIpc) is 3.82. The molecule has 1 N–H and O–H groups in total. The van der Waals surface area contributed by atoms with Crippen molar-refractivity contribution in [1.29, 1.82) is 0 Å². The van der Waals surface area contributed by atoms with Crippen LogP contribution in [0.5, 0.6) is 5.75 Å². The lowest BCUT2D eigenvalue weighted by molar-refractivity contribution is 0.446. The Morgan fingerprint density at radius 1 is 0.550 bits per heavy atom. The molecular weight excluding hydrogens is 741 g/mol. The molecule has 4 aromatic heterocycles. The summed E-state index contributed by atoms with van der Waals surface area (Å²) in [6.07, 6.45) is 1.82. The molecule has 294 valence electrons. The molecule has 60 heavy (non-hydrogen) atoms. The summed E-state index contributed by atoms with van der Waals surface area (Å²) >= 11 is 0. The molecule has 0 fully saturated rings. The molecule has 0 bridgehead atoms.